The maximum atomic E-state index is 10.9. The molecule has 0 bridgehead atoms. The number of hydrogen-bond donors (Lipinski definition) is 0. The second-order valence-electron chi connectivity index (χ2n) is 3.98. The molecule has 0 atom stereocenters. The summed E-state index contributed by atoms with van der Waals surface area (Å²) in [7, 11) is 0. The van der Waals surface area contributed by atoms with Crippen LogP contribution < -0.4 is 0 Å². The molecule has 2 nitrogen and oxygen atoms in total. The molecule has 88 valence electrons. The first-order valence-corrected chi connectivity index (χ1v) is 5.71. The van der Waals surface area contributed by atoms with Crippen molar-refractivity contribution in [3.05, 3.63) is 65.7 Å². The number of aryl methyl sites for hydroxylation is 1. The van der Waals surface area contributed by atoms with Gasteiger partial charge in [0.15, 0.2) is 0 Å². The van der Waals surface area contributed by atoms with Crippen molar-refractivity contribution in [3.8, 4) is 0 Å². The number of allylic oxidation sites excluding steroid dienone is 1. The molecule has 0 saturated carbocycles. The first-order valence-electron chi connectivity index (χ1n) is 5.71. The van der Waals surface area contributed by atoms with Crippen LogP contribution in [-0.2, 0) is 4.79 Å². The summed E-state index contributed by atoms with van der Waals surface area (Å²) >= 11 is 0. The van der Waals surface area contributed by atoms with Crippen LogP contribution in [0.5, 0.6) is 0 Å². The van der Waals surface area contributed by atoms with E-state index in [2.05, 4.69) is 4.99 Å². The van der Waals surface area contributed by atoms with Gasteiger partial charge in [0.2, 0.25) is 0 Å². The van der Waals surface area contributed by atoms with E-state index >= 15 is 0 Å². The Morgan fingerprint density at radius 1 is 1.06 bits per heavy atom. The molecule has 18 heavy (non-hydrogen) atoms. The zero-order valence-electron chi connectivity index (χ0n) is 10.1. The van der Waals surface area contributed by atoms with E-state index in [9.17, 15) is 4.79 Å². The molecule has 2 heteroatoms. The molecule has 0 aliphatic heterocycles. The average Bonchev–Trinajstić information content (AvgIpc) is 2.43. The SMILES string of the molecule is Cc1ccc(N=CC(=C=O)c2ccccc2)cc1. The lowest BCUT2D eigenvalue weighted by Crippen LogP contribution is -1.85. The van der Waals surface area contributed by atoms with Gasteiger partial charge in [-0.1, -0.05) is 48.0 Å². The van der Waals surface area contributed by atoms with Crippen molar-refractivity contribution in [2.24, 2.45) is 4.99 Å². The van der Waals surface area contributed by atoms with Gasteiger partial charge in [-0.25, -0.2) is 4.79 Å². The molecule has 0 fully saturated rings. The van der Waals surface area contributed by atoms with E-state index in [1.54, 1.807) is 6.21 Å². The smallest absolute Gasteiger partial charge is 0.134 e. The highest BCUT2D eigenvalue weighted by atomic mass is 16.1. The maximum Gasteiger partial charge on any atom is 0.134 e. The standard InChI is InChI=1S/C16H13NO/c1-13-7-9-16(10-8-13)17-11-15(12-18)14-5-3-2-4-6-14/h2-11H,1H3. The number of hydrogen-bond acceptors (Lipinski definition) is 2. The number of benzene rings is 2. The Labute approximate surface area is 106 Å². The number of aliphatic imine (C=N–C) groups is 1. The van der Waals surface area contributed by atoms with Gasteiger partial charge in [0.25, 0.3) is 0 Å². The van der Waals surface area contributed by atoms with E-state index in [-0.39, 0.29) is 0 Å². The van der Waals surface area contributed by atoms with Crippen molar-refractivity contribution in [2.45, 2.75) is 6.92 Å². The van der Waals surface area contributed by atoms with Crippen LogP contribution in [0, 0.1) is 6.92 Å². The largest absolute Gasteiger partial charge is 0.255 e. The minimum absolute atomic E-state index is 0.455. The highest BCUT2D eigenvalue weighted by Gasteiger charge is 1.98. The molecule has 0 unspecified atom stereocenters. The maximum absolute atomic E-state index is 10.9. The molecule has 2 aromatic carbocycles. The van der Waals surface area contributed by atoms with Gasteiger partial charge in [-0.2, -0.15) is 0 Å². The molecular weight excluding hydrogens is 222 g/mol. The lowest BCUT2D eigenvalue weighted by Gasteiger charge is -1.97. The third kappa shape index (κ3) is 3.03. The molecule has 0 aliphatic rings. The van der Waals surface area contributed by atoms with Crippen LogP contribution >= 0.6 is 0 Å². The van der Waals surface area contributed by atoms with Crippen molar-refractivity contribution in [2.75, 3.05) is 0 Å². The highest BCUT2D eigenvalue weighted by molar-refractivity contribution is 6.20. The van der Waals surface area contributed by atoms with Crippen LogP contribution in [0.3, 0.4) is 0 Å². The second-order valence-corrected chi connectivity index (χ2v) is 3.98. The van der Waals surface area contributed by atoms with Crippen LogP contribution in [0.2, 0.25) is 0 Å². The minimum atomic E-state index is 0.455. The Morgan fingerprint density at radius 3 is 2.33 bits per heavy atom. The van der Waals surface area contributed by atoms with Gasteiger partial charge < -0.3 is 0 Å². The summed E-state index contributed by atoms with van der Waals surface area (Å²) in [5, 5.41) is 0. The van der Waals surface area contributed by atoms with Gasteiger partial charge in [-0.3, -0.25) is 4.99 Å². The van der Waals surface area contributed by atoms with E-state index in [4.69, 9.17) is 0 Å². The van der Waals surface area contributed by atoms with E-state index < -0.39 is 0 Å². The Morgan fingerprint density at radius 2 is 1.72 bits per heavy atom. The minimum Gasteiger partial charge on any atom is -0.255 e. The summed E-state index contributed by atoms with van der Waals surface area (Å²) in [5.74, 6) is 1.92. The van der Waals surface area contributed by atoms with Gasteiger partial charge in [0, 0.05) is 6.21 Å². The predicted octanol–water partition coefficient (Wildman–Crippen LogP) is 3.61. The van der Waals surface area contributed by atoms with Gasteiger partial charge >= 0.3 is 0 Å². The number of carbonyl (C=O) groups excluding carboxylic acids is 1. The summed E-state index contributed by atoms with van der Waals surface area (Å²) < 4.78 is 0. The molecule has 0 spiro atoms. The Hall–Kier alpha value is -2.44. The number of nitrogens with zero attached hydrogens (tertiary/aromatic N) is 1. The quantitative estimate of drug-likeness (QED) is 0.590. The Bertz CT molecular complexity index is 591. The summed E-state index contributed by atoms with van der Waals surface area (Å²) in [5.41, 5.74) is 3.28. The zero-order valence-corrected chi connectivity index (χ0v) is 10.1. The molecule has 2 aromatic rings. The zero-order chi connectivity index (χ0) is 12.8. The average molecular weight is 235 g/mol. The van der Waals surface area contributed by atoms with Crippen LogP contribution in [0.1, 0.15) is 11.1 Å². The molecule has 0 N–H and O–H groups in total. The third-order valence-electron chi connectivity index (χ3n) is 2.57. The molecule has 0 radical (unpaired) electrons. The summed E-state index contributed by atoms with van der Waals surface area (Å²) in [6, 6.07) is 17.2. The topological polar surface area (TPSA) is 29.4 Å². The fourth-order valence-electron chi connectivity index (χ4n) is 1.55. The highest BCUT2D eigenvalue weighted by Crippen LogP contribution is 2.14. The normalized spacial score (nSPS) is 10.3. The molecule has 2 rings (SSSR count). The third-order valence-corrected chi connectivity index (χ3v) is 2.57. The Balaban J connectivity index is 2.22. The van der Waals surface area contributed by atoms with Crippen LogP contribution in [0.25, 0.3) is 5.57 Å². The van der Waals surface area contributed by atoms with Crippen LogP contribution in [0.4, 0.5) is 5.69 Å². The summed E-state index contributed by atoms with van der Waals surface area (Å²) in [6.45, 7) is 2.02. The van der Waals surface area contributed by atoms with Gasteiger partial charge in [0.05, 0.1) is 11.3 Å². The molecule has 0 amide bonds. The fraction of sp³-hybridized carbons (Fsp3) is 0.0625. The van der Waals surface area contributed by atoms with E-state index in [1.165, 1.54) is 5.56 Å². The molecular formula is C16H13NO. The number of rotatable bonds is 3. The van der Waals surface area contributed by atoms with Crippen LogP contribution in [0.15, 0.2) is 59.6 Å². The van der Waals surface area contributed by atoms with Crippen molar-refractivity contribution in [1.29, 1.82) is 0 Å². The summed E-state index contributed by atoms with van der Waals surface area (Å²) in [4.78, 5) is 15.2. The van der Waals surface area contributed by atoms with Gasteiger partial charge in [0.1, 0.15) is 5.94 Å². The molecule has 0 saturated heterocycles. The predicted molar refractivity (Wildman–Crippen MR) is 74.9 cm³/mol. The van der Waals surface area contributed by atoms with Crippen molar-refractivity contribution in [1.82, 2.24) is 0 Å². The van der Waals surface area contributed by atoms with Crippen molar-refractivity contribution >= 4 is 23.4 Å². The van der Waals surface area contributed by atoms with Gasteiger partial charge in [-0.15, -0.1) is 0 Å². The Kier molecular flexibility index (Phi) is 3.85. The molecule has 0 aromatic heterocycles. The van der Waals surface area contributed by atoms with E-state index in [0.717, 1.165) is 11.3 Å². The van der Waals surface area contributed by atoms with Crippen molar-refractivity contribution < 1.29 is 4.79 Å². The van der Waals surface area contributed by atoms with E-state index in [1.807, 2.05) is 67.5 Å². The van der Waals surface area contributed by atoms with Crippen LogP contribution in [-0.4, -0.2) is 12.2 Å². The monoisotopic (exact) mass is 235 g/mol. The lowest BCUT2D eigenvalue weighted by atomic mass is 10.1. The molecule has 0 heterocycles. The van der Waals surface area contributed by atoms with E-state index in [0.29, 0.717) is 5.57 Å². The first-order chi connectivity index (χ1) is 8.79. The molecule has 0 aliphatic carbocycles. The fourth-order valence-corrected chi connectivity index (χ4v) is 1.55. The second kappa shape index (κ2) is 5.76. The lowest BCUT2D eigenvalue weighted by molar-refractivity contribution is 0.570. The van der Waals surface area contributed by atoms with Gasteiger partial charge in [-0.05, 0) is 24.6 Å². The first kappa shape index (κ1) is 12.0. The summed E-state index contributed by atoms with van der Waals surface area (Å²) in [6.07, 6.45) is 1.55. The van der Waals surface area contributed by atoms with Crippen molar-refractivity contribution in [3.63, 3.8) is 0 Å².